The molecule has 0 radical (unpaired) electrons. The van der Waals surface area contributed by atoms with Crippen LogP contribution in [0.3, 0.4) is 0 Å². The maximum Gasteiger partial charge on any atom is 0.304 e. The highest BCUT2D eigenvalue weighted by Crippen LogP contribution is 2.13. The molecule has 2 aromatic rings. The number of thiophene rings is 1. The highest BCUT2D eigenvalue weighted by molar-refractivity contribution is 7.09. The molecule has 0 spiro atoms. The van der Waals surface area contributed by atoms with Crippen molar-refractivity contribution in [2.45, 2.75) is 25.3 Å². The number of carbonyl (C=O) groups is 1. The maximum atomic E-state index is 10.9. The van der Waals surface area contributed by atoms with Crippen molar-refractivity contribution < 1.29 is 9.90 Å². The maximum absolute atomic E-state index is 10.9. The van der Waals surface area contributed by atoms with Gasteiger partial charge in [-0.1, -0.05) is 36.4 Å². The van der Waals surface area contributed by atoms with Gasteiger partial charge < -0.3 is 10.4 Å². The van der Waals surface area contributed by atoms with E-state index >= 15 is 0 Å². The van der Waals surface area contributed by atoms with Crippen molar-refractivity contribution in [3.8, 4) is 0 Å². The molecule has 2 rings (SSSR count). The lowest BCUT2D eigenvalue weighted by atomic mass is 10.1. The summed E-state index contributed by atoms with van der Waals surface area (Å²) in [6, 6.07) is 14.3. The average molecular weight is 289 g/mol. The van der Waals surface area contributed by atoms with Crippen molar-refractivity contribution in [2.75, 3.05) is 6.54 Å². The summed E-state index contributed by atoms with van der Waals surface area (Å²) < 4.78 is 0. The lowest BCUT2D eigenvalue weighted by Gasteiger charge is -2.16. The molecule has 0 saturated heterocycles. The van der Waals surface area contributed by atoms with Gasteiger partial charge in [-0.2, -0.15) is 0 Å². The van der Waals surface area contributed by atoms with Gasteiger partial charge in [0.05, 0.1) is 6.42 Å². The molecule has 2 N–H and O–H groups in total. The first-order valence-electron chi connectivity index (χ1n) is 6.75. The number of carboxylic acids is 1. The Balaban J connectivity index is 1.82. The molecule has 0 aliphatic heterocycles. The second-order valence-corrected chi connectivity index (χ2v) is 5.80. The van der Waals surface area contributed by atoms with Crippen LogP contribution >= 0.6 is 11.3 Å². The van der Waals surface area contributed by atoms with Crippen LogP contribution in [0.5, 0.6) is 0 Å². The van der Waals surface area contributed by atoms with Crippen LogP contribution in [0.1, 0.15) is 16.9 Å². The Morgan fingerprint density at radius 3 is 2.65 bits per heavy atom. The molecule has 1 heterocycles. The Kier molecular flexibility index (Phi) is 5.77. The van der Waals surface area contributed by atoms with Crippen molar-refractivity contribution in [1.29, 1.82) is 0 Å². The summed E-state index contributed by atoms with van der Waals surface area (Å²) in [4.78, 5) is 12.2. The molecule has 106 valence electrons. The molecule has 1 aromatic carbocycles. The van der Waals surface area contributed by atoms with Gasteiger partial charge in [-0.3, -0.25) is 4.79 Å². The third-order valence-electron chi connectivity index (χ3n) is 3.14. The second kappa shape index (κ2) is 7.82. The van der Waals surface area contributed by atoms with Gasteiger partial charge in [-0.15, -0.1) is 11.3 Å². The summed E-state index contributed by atoms with van der Waals surface area (Å²) >= 11 is 1.68. The fourth-order valence-electron chi connectivity index (χ4n) is 2.16. The molecule has 0 amide bonds. The van der Waals surface area contributed by atoms with Crippen molar-refractivity contribution in [3.63, 3.8) is 0 Å². The molecule has 1 atom stereocenters. The molecule has 0 fully saturated rings. The zero-order valence-corrected chi connectivity index (χ0v) is 12.1. The summed E-state index contributed by atoms with van der Waals surface area (Å²) in [7, 11) is 0. The van der Waals surface area contributed by atoms with Crippen LogP contribution in [0.4, 0.5) is 0 Å². The lowest BCUT2D eigenvalue weighted by Crippen LogP contribution is -2.34. The number of rotatable bonds is 8. The van der Waals surface area contributed by atoms with Crippen LogP contribution in [0, 0.1) is 0 Å². The molecule has 3 nitrogen and oxygen atoms in total. The van der Waals surface area contributed by atoms with Crippen molar-refractivity contribution in [3.05, 3.63) is 58.3 Å². The molecule has 0 saturated carbocycles. The number of nitrogens with one attached hydrogen (secondary N) is 1. The summed E-state index contributed by atoms with van der Waals surface area (Å²) in [5.41, 5.74) is 1.27. The first-order valence-corrected chi connectivity index (χ1v) is 7.63. The van der Waals surface area contributed by atoms with Crippen LogP contribution in [-0.4, -0.2) is 23.7 Å². The molecular weight excluding hydrogens is 270 g/mol. The van der Waals surface area contributed by atoms with Gasteiger partial charge in [0.25, 0.3) is 0 Å². The predicted octanol–water partition coefficient (Wildman–Crippen LogP) is 2.97. The van der Waals surface area contributed by atoms with Crippen LogP contribution in [0.15, 0.2) is 47.8 Å². The zero-order chi connectivity index (χ0) is 14.2. The van der Waals surface area contributed by atoms with E-state index < -0.39 is 5.97 Å². The van der Waals surface area contributed by atoms with Crippen LogP contribution < -0.4 is 5.32 Å². The van der Waals surface area contributed by atoms with E-state index in [2.05, 4.69) is 23.5 Å². The number of aliphatic carboxylic acids is 1. The summed E-state index contributed by atoms with van der Waals surface area (Å²) in [5.74, 6) is -0.751. The molecule has 4 heteroatoms. The zero-order valence-electron chi connectivity index (χ0n) is 11.3. The van der Waals surface area contributed by atoms with E-state index in [-0.39, 0.29) is 12.5 Å². The fraction of sp³-hybridized carbons (Fsp3) is 0.312. The van der Waals surface area contributed by atoms with Gasteiger partial charge in [-0.05, 0) is 36.4 Å². The van der Waals surface area contributed by atoms with Gasteiger partial charge >= 0.3 is 5.97 Å². The standard InChI is InChI=1S/C16H19NO2S/c18-16(19)12-14(11-15-7-4-10-20-15)17-9-8-13-5-2-1-3-6-13/h1-7,10,14,17H,8-9,11-12H2,(H,18,19). The van der Waals surface area contributed by atoms with E-state index in [1.807, 2.05) is 29.6 Å². The number of hydrogen-bond acceptors (Lipinski definition) is 3. The average Bonchev–Trinajstić information content (AvgIpc) is 2.92. The second-order valence-electron chi connectivity index (χ2n) is 4.77. The first kappa shape index (κ1) is 14.8. The highest BCUT2D eigenvalue weighted by atomic mass is 32.1. The van der Waals surface area contributed by atoms with Gasteiger partial charge in [0.2, 0.25) is 0 Å². The topological polar surface area (TPSA) is 49.3 Å². The molecule has 1 aromatic heterocycles. The van der Waals surface area contributed by atoms with Crippen molar-refractivity contribution >= 4 is 17.3 Å². The van der Waals surface area contributed by atoms with Crippen LogP contribution in [0.2, 0.25) is 0 Å². The predicted molar refractivity (Wildman–Crippen MR) is 82.2 cm³/mol. The van der Waals surface area contributed by atoms with Gasteiger partial charge in [0.15, 0.2) is 0 Å². The normalized spacial score (nSPS) is 12.2. The largest absolute Gasteiger partial charge is 0.481 e. The monoisotopic (exact) mass is 289 g/mol. The summed E-state index contributed by atoms with van der Waals surface area (Å²) in [6.45, 7) is 0.799. The third-order valence-corrected chi connectivity index (χ3v) is 4.04. The summed E-state index contributed by atoms with van der Waals surface area (Å²) in [5, 5.41) is 14.4. The van der Waals surface area contributed by atoms with E-state index in [1.165, 1.54) is 10.4 Å². The number of carboxylic acid groups (broad SMARTS) is 1. The smallest absolute Gasteiger partial charge is 0.304 e. The quantitative estimate of drug-likeness (QED) is 0.785. The van der Waals surface area contributed by atoms with Gasteiger partial charge in [0, 0.05) is 10.9 Å². The molecule has 0 bridgehead atoms. The van der Waals surface area contributed by atoms with E-state index in [9.17, 15) is 4.79 Å². The SMILES string of the molecule is O=C(O)CC(Cc1cccs1)NCCc1ccccc1. The van der Waals surface area contributed by atoms with Gasteiger partial charge in [-0.25, -0.2) is 0 Å². The number of hydrogen-bond donors (Lipinski definition) is 2. The van der Waals surface area contributed by atoms with E-state index in [0.29, 0.717) is 0 Å². The van der Waals surface area contributed by atoms with Crippen LogP contribution in [0.25, 0.3) is 0 Å². The lowest BCUT2D eigenvalue weighted by molar-refractivity contribution is -0.137. The van der Waals surface area contributed by atoms with Crippen molar-refractivity contribution in [1.82, 2.24) is 5.32 Å². The minimum atomic E-state index is -0.751. The third kappa shape index (κ3) is 5.15. The minimum absolute atomic E-state index is 0.00476. The first-order chi connectivity index (χ1) is 9.74. The Hall–Kier alpha value is -1.65. The Morgan fingerprint density at radius 2 is 2.00 bits per heavy atom. The molecule has 0 aliphatic rings. The molecule has 20 heavy (non-hydrogen) atoms. The Labute approximate surface area is 123 Å². The molecule has 0 aliphatic carbocycles. The van der Waals surface area contributed by atoms with Crippen LogP contribution in [-0.2, 0) is 17.6 Å². The van der Waals surface area contributed by atoms with E-state index in [0.717, 1.165) is 19.4 Å². The Bertz CT molecular complexity index is 511. The Morgan fingerprint density at radius 1 is 1.20 bits per heavy atom. The fourth-order valence-corrected chi connectivity index (χ4v) is 2.95. The van der Waals surface area contributed by atoms with Gasteiger partial charge in [0.1, 0.15) is 0 Å². The van der Waals surface area contributed by atoms with E-state index in [1.54, 1.807) is 11.3 Å². The van der Waals surface area contributed by atoms with E-state index in [4.69, 9.17) is 5.11 Å². The highest BCUT2D eigenvalue weighted by Gasteiger charge is 2.13. The molecular formula is C16H19NO2S. The summed E-state index contributed by atoms with van der Waals surface area (Å²) in [6.07, 6.45) is 1.85. The van der Waals surface area contributed by atoms with Crippen molar-refractivity contribution in [2.24, 2.45) is 0 Å². The molecule has 1 unspecified atom stereocenters. The number of benzene rings is 1. The minimum Gasteiger partial charge on any atom is -0.481 e.